The predicted molar refractivity (Wildman–Crippen MR) is 53.2 cm³/mol. The van der Waals surface area contributed by atoms with Crippen molar-refractivity contribution in [2.75, 3.05) is 0 Å². The minimum atomic E-state index is -0.854. The standard InChI is InChI=1S/C10H9N3O2/c14-10(15)3-8-1-2-9(13-8)7-4-11-6-12-5-7/h1-2,4-6,13H,3H2,(H,14,15). The molecule has 0 radical (unpaired) electrons. The van der Waals surface area contributed by atoms with E-state index in [1.54, 1.807) is 18.5 Å². The Hall–Kier alpha value is -2.17. The Morgan fingerprint density at radius 2 is 2.07 bits per heavy atom. The summed E-state index contributed by atoms with van der Waals surface area (Å²) >= 11 is 0. The number of H-pyrrole nitrogens is 1. The molecular formula is C10H9N3O2. The van der Waals surface area contributed by atoms with Gasteiger partial charge in [0.05, 0.1) is 6.42 Å². The lowest BCUT2D eigenvalue weighted by Gasteiger charge is -1.95. The largest absolute Gasteiger partial charge is 0.481 e. The Bertz CT molecular complexity index is 465. The molecule has 0 fully saturated rings. The van der Waals surface area contributed by atoms with E-state index < -0.39 is 5.97 Å². The highest BCUT2D eigenvalue weighted by atomic mass is 16.4. The summed E-state index contributed by atoms with van der Waals surface area (Å²) in [5, 5.41) is 8.60. The van der Waals surface area contributed by atoms with Crippen molar-refractivity contribution in [3.8, 4) is 11.3 Å². The summed E-state index contributed by atoms with van der Waals surface area (Å²) < 4.78 is 0. The Morgan fingerprint density at radius 1 is 1.33 bits per heavy atom. The molecule has 2 aromatic rings. The number of carboxylic acid groups (broad SMARTS) is 1. The van der Waals surface area contributed by atoms with Gasteiger partial charge in [-0.15, -0.1) is 0 Å². The van der Waals surface area contributed by atoms with Gasteiger partial charge < -0.3 is 10.1 Å². The lowest BCUT2D eigenvalue weighted by Crippen LogP contribution is -1.99. The van der Waals surface area contributed by atoms with E-state index in [2.05, 4.69) is 15.0 Å². The summed E-state index contributed by atoms with van der Waals surface area (Å²) in [5.74, 6) is -0.854. The van der Waals surface area contributed by atoms with Crippen molar-refractivity contribution < 1.29 is 9.90 Å². The molecule has 2 heterocycles. The number of nitrogens with zero attached hydrogens (tertiary/aromatic N) is 2. The third kappa shape index (κ3) is 2.19. The zero-order valence-electron chi connectivity index (χ0n) is 7.84. The first-order valence-corrected chi connectivity index (χ1v) is 4.41. The molecular weight excluding hydrogens is 194 g/mol. The Labute approximate surface area is 85.8 Å². The summed E-state index contributed by atoms with van der Waals surface area (Å²) in [6.45, 7) is 0. The summed E-state index contributed by atoms with van der Waals surface area (Å²) in [5.41, 5.74) is 2.34. The zero-order chi connectivity index (χ0) is 10.7. The van der Waals surface area contributed by atoms with E-state index in [1.807, 2.05) is 6.07 Å². The van der Waals surface area contributed by atoms with Crippen LogP contribution in [0.2, 0.25) is 0 Å². The Kier molecular flexibility index (Phi) is 2.45. The van der Waals surface area contributed by atoms with Crippen LogP contribution in [-0.2, 0) is 11.2 Å². The highest BCUT2D eigenvalue weighted by molar-refractivity contribution is 5.70. The van der Waals surface area contributed by atoms with Crippen molar-refractivity contribution in [3.63, 3.8) is 0 Å². The molecule has 0 saturated heterocycles. The summed E-state index contributed by atoms with van der Waals surface area (Å²) in [7, 11) is 0. The fourth-order valence-electron chi connectivity index (χ4n) is 1.31. The fourth-order valence-corrected chi connectivity index (χ4v) is 1.31. The summed E-state index contributed by atoms with van der Waals surface area (Å²) in [6.07, 6.45) is 4.78. The number of rotatable bonds is 3. The Morgan fingerprint density at radius 3 is 2.73 bits per heavy atom. The average molecular weight is 203 g/mol. The maximum absolute atomic E-state index is 10.5. The van der Waals surface area contributed by atoms with Crippen molar-refractivity contribution in [1.82, 2.24) is 15.0 Å². The van der Waals surface area contributed by atoms with Gasteiger partial charge in [0.1, 0.15) is 6.33 Å². The molecule has 0 unspecified atom stereocenters. The molecule has 5 nitrogen and oxygen atoms in total. The zero-order valence-corrected chi connectivity index (χ0v) is 7.84. The third-order valence-corrected chi connectivity index (χ3v) is 1.96. The first-order chi connectivity index (χ1) is 7.25. The van der Waals surface area contributed by atoms with Crippen molar-refractivity contribution in [2.24, 2.45) is 0 Å². The molecule has 0 aliphatic carbocycles. The van der Waals surface area contributed by atoms with Crippen molar-refractivity contribution in [1.29, 1.82) is 0 Å². The fraction of sp³-hybridized carbons (Fsp3) is 0.100. The van der Waals surface area contributed by atoms with E-state index in [0.717, 1.165) is 11.3 Å². The molecule has 2 aromatic heterocycles. The van der Waals surface area contributed by atoms with Gasteiger partial charge in [0, 0.05) is 29.3 Å². The predicted octanol–water partition coefficient (Wildman–Crippen LogP) is 1.10. The molecule has 0 aromatic carbocycles. The van der Waals surface area contributed by atoms with Crippen molar-refractivity contribution in [3.05, 3.63) is 36.5 Å². The molecule has 2 rings (SSSR count). The minimum absolute atomic E-state index is 0.00626. The van der Waals surface area contributed by atoms with Crippen LogP contribution in [0, 0.1) is 0 Å². The maximum atomic E-state index is 10.5. The van der Waals surface area contributed by atoms with Gasteiger partial charge in [-0.25, -0.2) is 9.97 Å². The normalized spacial score (nSPS) is 10.1. The summed E-state index contributed by atoms with van der Waals surface area (Å²) in [6, 6.07) is 3.56. The number of hydrogen-bond donors (Lipinski definition) is 2. The van der Waals surface area contributed by atoms with Crippen LogP contribution in [-0.4, -0.2) is 26.0 Å². The summed E-state index contributed by atoms with van der Waals surface area (Å²) in [4.78, 5) is 21.2. The van der Waals surface area contributed by atoms with Crippen LogP contribution in [0.1, 0.15) is 5.69 Å². The first kappa shape index (κ1) is 9.39. The van der Waals surface area contributed by atoms with Crippen LogP contribution < -0.4 is 0 Å². The maximum Gasteiger partial charge on any atom is 0.309 e. The lowest BCUT2D eigenvalue weighted by molar-refractivity contribution is -0.136. The molecule has 0 atom stereocenters. The smallest absolute Gasteiger partial charge is 0.309 e. The van der Waals surface area contributed by atoms with E-state index in [1.165, 1.54) is 6.33 Å². The molecule has 0 bridgehead atoms. The first-order valence-electron chi connectivity index (χ1n) is 4.41. The number of carbonyl (C=O) groups is 1. The highest BCUT2D eigenvalue weighted by Gasteiger charge is 2.04. The lowest BCUT2D eigenvalue weighted by atomic mass is 10.2. The van der Waals surface area contributed by atoms with Gasteiger partial charge >= 0.3 is 5.97 Å². The van der Waals surface area contributed by atoms with Gasteiger partial charge in [-0.2, -0.15) is 0 Å². The third-order valence-electron chi connectivity index (χ3n) is 1.96. The molecule has 0 spiro atoms. The highest BCUT2D eigenvalue weighted by Crippen LogP contribution is 2.16. The van der Waals surface area contributed by atoms with Crippen LogP contribution in [0.15, 0.2) is 30.9 Å². The van der Waals surface area contributed by atoms with Gasteiger partial charge in [0.25, 0.3) is 0 Å². The van der Waals surface area contributed by atoms with E-state index >= 15 is 0 Å². The van der Waals surface area contributed by atoms with Crippen molar-refractivity contribution >= 4 is 5.97 Å². The van der Waals surface area contributed by atoms with Gasteiger partial charge in [-0.3, -0.25) is 4.79 Å². The number of carboxylic acids is 1. The molecule has 0 saturated carbocycles. The molecule has 76 valence electrons. The molecule has 5 heteroatoms. The van der Waals surface area contributed by atoms with Crippen LogP contribution in [0.3, 0.4) is 0 Å². The average Bonchev–Trinajstić information content (AvgIpc) is 2.67. The number of aromatic nitrogens is 3. The van der Waals surface area contributed by atoms with Crippen LogP contribution in [0.4, 0.5) is 0 Å². The quantitative estimate of drug-likeness (QED) is 0.782. The molecule has 2 N–H and O–H groups in total. The molecule has 15 heavy (non-hydrogen) atoms. The van der Waals surface area contributed by atoms with Crippen LogP contribution >= 0.6 is 0 Å². The molecule has 0 aliphatic heterocycles. The van der Waals surface area contributed by atoms with E-state index in [-0.39, 0.29) is 6.42 Å². The second kappa shape index (κ2) is 3.91. The minimum Gasteiger partial charge on any atom is -0.481 e. The number of nitrogens with one attached hydrogen (secondary N) is 1. The van der Waals surface area contributed by atoms with E-state index in [9.17, 15) is 4.79 Å². The second-order valence-electron chi connectivity index (χ2n) is 3.09. The number of hydrogen-bond acceptors (Lipinski definition) is 3. The molecule has 0 aliphatic rings. The van der Waals surface area contributed by atoms with Gasteiger partial charge in [-0.1, -0.05) is 0 Å². The van der Waals surface area contributed by atoms with E-state index in [4.69, 9.17) is 5.11 Å². The number of aromatic amines is 1. The van der Waals surface area contributed by atoms with Gasteiger partial charge in [0.15, 0.2) is 0 Å². The molecule has 0 amide bonds. The Balaban J connectivity index is 2.24. The van der Waals surface area contributed by atoms with Crippen LogP contribution in [0.5, 0.6) is 0 Å². The van der Waals surface area contributed by atoms with Crippen molar-refractivity contribution in [2.45, 2.75) is 6.42 Å². The SMILES string of the molecule is O=C(O)Cc1ccc(-c2cncnc2)[nH]1. The van der Waals surface area contributed by atoms with Gasteiger partial charge in [0.2, 0.25) is 0 Å². The van der Waals surface area contributed by atoms with Gasteiger partial charge in [-0.05, 0) is 12.1 Å². The monoisotopic (exact) mass is 203 g/mol. The topological polar surface area (TPSA) is 78.9 Å². The van der Waals surface area contributed by atoms with Crippen LogP contribution in [0.25, 0.3) is 11.3 Å². The second-order valence-corrected chi connectivity index (χ2v) is 3.09. The number of aliphatic carboxylic acids is 1. The van der Waals surface area contributed by atoms with E-state index in [0.29, 0.717) is 5.69 Å².